The second-order valence-electron chi connectivity index (χ2n) is 9.70. The molecule has 9 heteroatoms. The summed E-state index contributed by atoms with van der Waals surface area (Å²) in [5, 5.41) is 0.553. The number of ether oxygens (including phenoxy) is 1. The van der Waals surface area contributed by atoms with E-state index in [0.29, 0.717) is 31.2 Å². The molecule has 1 aliphatic rings. The fraction of sp³-hybridized carbons (Fsp3) is 0.652. The van der Waals surface area contributed by atoms with Crippen LogP contribution < -0.4 is 0 Å². The van der Waals surface area contributed by atoms with Gasteiger partial charge in [0.15, 0.2) is 0 Å². The maximum Gasteiger partial charge on any atom is 0.410 e. The van der Waals surface area contributed by atoms with Gasteiger partial charge in [-0.15, -0.1) is 0 Å². The molecule has 0 aliphatic carbocycles. The number of sulfone groups is 1. The first-order chi connectivity index (χ1) is 14.6. The normalized spacial score (nSPS) is 18.0. The van der Waals surface area contributed by atoms with Gasteiger partial charge in [-0.25, -0.2) is 13.2 Å². The van der Waals surface area contributed by atoms with Crippen LogP contribution in [0, 0.1) is 6.92 Å². The molecule has 0 unspecified atom stereocenters. The van der Waals surface area contributed by atoms with Crippen LogP contribution in [0.4, 0.5) is 4.79 Å². The van der Waals surface area contributed by atoms with E-state index < -0.39 is 15.4 Å². The summed E-state index contributed by atoms with van der Waals surface area (Å²) >= 11 is 6.33. The van der Waals surface area contributed by atoms with Crippen molar-refractivity contribution in [2.45, 2.75) is 65.6 Å². The maximum atomic E-state index is 12.4. The number of piperazine rings is 1. The van der Waals surface area contributed by atoms with Crippen LogP contribution in [0.2, 0.25) is 5.02 Å². The Morgan fingerprint density at radius 1 is 1.19 bits per heavy atom. The number of nitrogens with zero attached hydrogens (tertiary/aromatic N) is 2. The molecule has 2 rings (SSSR count). The first-order valence-corrected chi connectivity index (χ1v) is 13.3. The molecule has 1 aromatic rings. The fourth-order valence-corrected chi connectivity index (χ4v) is 4.62. The molecule has 32 heavy (non-hydrogen) atoms. The van der Waals surface area contributed by atoms with Crippen molar-refractivity contribution in [3.05, 3.63) is 33.8 Å². The van der Waals surface area contributed by atoms with Crippen molar-refractivity contribution in [2.24, 2.45) is 0 Å². The van der Waals surface area contributed by atoms with Gasteiger partial charge in [-0.2, -0.15) is 0 Å². The Balaban J connectivity index is 2.04. The molecule has 1 aromatic carbocycles. The third kappa shape index (κ3) is 8.37. The van der Waals surface area contributed by atoms with Gasteiger partial charge in [0.2, 0.25) is 0 Å². The van der Waals surface area contributed by atoms with E-state index in [4.69, 9.17) is 16.3 Å². The summed E-state index contributed by atoms with van der Waals surface area (Å²) in [6.45, 7) is 12.2. The van der Waals surface area contributed by atoms with Crippen LogP contribution in [0.1, 0.15) is 50.8 Å². The highest BCUT2D eigenvalue weighted by Crippen LogP contribution is 2.24. The monoisotopic (exact) mass is 486 g/mol. The van der Waals surface area contributed by atoms with E-state index in [9.17, 15) is 18.0 Å². The maximum absolute atomic E-state index is 12.4. The molecule has 1 aliphatic heterocycles. The Morgan fingerprint density at radius 3 is 2.38 bits per heavy atom. The van der Waals surface area contributed by atoms with Crippen LogP contribution in [-0.2, 0) is 32.3 Å². The summed E-state index contributed by atoms with van der Waals surface area (Å²) in [6, 6.07) is 3.70. The third-order valence-electron chi connectivity index (χ3n) is 5.46. The first kappa shape index (κ1) is 26.6. The number of carbonyl (C=O) groups excluding carboxylic acids is 2. The fourth-order valence-electron chi connectivity index (χ4n) is 3.75. The molecule has 1 fully saturated rings. The highest BCUT2D eigenvalue weighted by Gasteiger charge is 2.31. The van der Waals surface area contributed by atoms with E-state index in [1.165, 1.54) is 0 Å². The number of amides is 1. The predicted molar refractivity (Wildman–Crippen MR) is 127 cm³/mol. The zero-order valence-corrected chi connectivity index (χ0v) is 21.5. The third-order valence-corrected chi connectivity index (χ3v) is 6.62. The van der Waals surface area contributed by atoms with E-state index in [1.807, 2.05) is 40.7 Å². The second kappa shape index (κ2) is 10.5. The van der Waals surface area contributed by atoms with Crippen molar-refractivity contribution in [2.75, 3.05) is 31.6 Å². The predicted octanol–water partition coefficient (Wildman–Crippen LogP) is 3.64. The van der Waals surface area contributed by atoms with Crippen LogP contribution in [0.25, 0.3) is 0 Å². The summed E-state index contributed by atoms with van der Waals surface area (Å²) in [5.74, 6) is -0.260. The van der Waals surface area contributed by atoms with Crippen molar-refractivity contribution in [1.29, 1.82) is 0 Å². The number of benzene rings is 1. The van der Waals surface area contributed by atoms with Crippen LogP contribution in [0.5, 0.6) is 0 Å². The van der Waals surface area contributed by atoms with E-state index >= 15 is 0 Å². The molecular formula is C23H35ClN2O5S. The van der Waals surface area contributed by atoms with Crippen molar-refractivity contribution in [3.8, 4) is 0 Å². The average molecular weight is 487 g/mol. The molecular weight excluding hydrogens is 452 g/mol. The number of carbonyl (C=O) groups is 2. The van der Waals surface area contributed by atoms with Crippen molar-refractivity contribution >= 4 is 33.3 Å². The van der Waals surface area contributed by atoms with Crippen LogP contribution in [-0.4, -0.2) is 73.4 Å². The molecule has 0 saturated carbocycles. The van der Waals surface area contributed by atoms with Gasteiger partial charge in [0.05, 0.1) is 5.75 Å². The van der Waals surface area contributed by atoms with E-state index in [2.05, 4.69) is 4.90 Å². The van der Waals surface area contributed by atoms with Gasteiger partial charge in [-0.05, 0) is 63.4 Å². The number of hydrogen-bond acceptors (Lipinski definition) is 6. The zero-order valence-electron chi connectivity index (χ0n) is 19.9. The Bertz CT molecular complexity index is 956. The Hall–Kier alpha value is -1.64. The van der Waals surface area contributed by atoms with Crippen molar-refractivity contribution in [1.82, 2.24) is 9.80 Å². The van der Waals surface area contributed by atoms with Gasteiger partial charge >= 0.3 is 6.09 Å². The minimum absolute atomic E-state index is 0.00423. The Kier molecular flexibility index (Phi) is 8.76. The summed E-state index contributed by atoms with van der Waals surface area (Å²) in [7, 11) is -3.17. The van der Waals surface area contributed by atoms with Crippen molar-refractivity contribution < 1.29 is 22.7 Å². The Morgan fingerprint density at radius 2 is 1.81 bits per heavy atom. The smallest absolute Gasteiger partial charge is 0.410 e. The lowest BCUT2D eigenvalue weighted by atomic mass is 9.97. The van der Waals surface area contributed by atoms with Gasteiger partial charge in [-0.1, -0.05) is 11.6 Å². The summed E-state index contributed by atoms with van der Waals surface area (Å²) in [6.07, 6.45) is 1.01. The standard InChI is InChI=1S/C23H35ClN2O5S/c1-16-14-25(8-9-26(16)22(28)31-23(3,4)5)15-19-12-20(24)11-18(17(19)2)13-21(27)7-10-32(6,29)30/h11-12,16H,7-10,13-15H2,1-6H3/t16-/m0/s1. The van der Waals surface area contributed by atoms with Gasteiger partial charge in [0.1, 0.15) is 21.2 Å². The molecule has 0 bridgehead atoms. The lowest BCUT2D eigenvalue weighted by Crippen LogP contribution is -2.54. The van der Waals surface area contributed by atoms with E-state index in [0.717, 1.165) is 22.9 Å². The first-order valence-electron chi connectivity index (χ1n) is 10.8. The lowest BCUT2D eigenvalue weighted by molar-refractivity contribution is -0.118. The lowest BCUT2D eigenvalue weighted by Gasteiger charge is -2.40. The average Bonchev–Trinajstić information content (AvgIpc) is 2.62. The second-order valence-corrected chi connectivity index (χ2v) is 12.4. The van der Waals surface area contributed by atoms with Gasteiger partial charge in [0.25, 0.3) is 0 Å². The highest BCUT2D eigenvalue weighted by atomic mass is 35.5. The highest BCUT2D eigenvalue weighted by molar-refractivity contribution is 7.90. The molecule has 1 amide bonds. The Labute approximate surface area is 197 Å². The summed E-state index contributed by atoms with van der Waals surface area (Å²) < 4.78 is 28.2. The van der Waals surface area contributed by atoms with Crippen molar-refractivity contribution in [3.63, 3.8) is 0 Å². The summed E-state index contributed by atoms with van der Waals surface area (Å²) in [5.41, 5.74) is 2.32. The minimum atomic E-state index is -3.17. The zero-order chi connectivity index (χ0) is 24.3. The van der Waals surface area contributed by atoms with Crippen LogP contribution >= 0.6 is 11.6 Å². The SMILES string of the molecule is Cc1c(CC(=O)CCS(C)(=O)=O)cc(Cl)cc1CN1CCN(C(=O)OC(C)(C)C)[C@@H](C)C1. The molecule has 180 valence electrons. The van der Waals surface area contributed by atoms with Crippen LogP contribution in [0.3, 0.4) is 0 Å². The van der Waals surface area contributed by atoms with Gasteiger partial charge in [-0.3, -0.25) is 9.69 Å². The molecule has 7 nitrogen and oxygen atoms in total. The molecule has 0 radical (unpaired) electrons. The number of halogens is 1. The molecule has 1 atom stereocenters. The van der Waals surface area contributed by atoms with Gasteiger partial charge in [0, 0.05) is 56.3 Å². The largest absolute Gasteiger partial charge is 0.444 e. The number of rotatable bonds is 7. The van der Waals surface area contributed by atoms with E-state index in [1.54, 1.807) is 11.0 Å². The molecule has 1 saturated heterocycles. The topological polar surface area (TPSA) is 84.0 Å². The number of hydrogen-bond donors (Lipinski definition) is 0. The molecule has 0 aromatic heterocycles. The minimum Gasteiger partial charge on any atom is -0.444 e. The molecule has 0 spiro atoms. The van der Waals surface area contributed by atoms with Gasteiger partial charge < -0.3 is 9.64 Å². The number of ketones is 1. The van der Waals surface area contributed by atoms with E-state index in [-0.39, 0.29) is 36.5 Å². The molecule has 0 N–H and O–H groups in total. The summed E-state index contributed by atoms with van der Waals surface area (Å²) in [4.78, 5) is 28.8. The van der Waals surface area contributed by atoms with Crippen LogP contribution in [0.15, 0.2) is 12.1 Å². The quantitative estimate of drug-likeness (QED) is 0.585. The molecule has 1 heterocycles. The number of Topliss-reactive ketones (excluding diaryl/α,β-unsaturated/α-hetero) is 1.